The molecule has 3 aromatic carbocycles. The van der Waals surface area contributed by atoms with Crippen LogP contribution in [0.1, 0.15) is 21.5 Å². The van der Waals surface area contributed by atoms with E-state index in [4.69, 9.17) is 4.52 Å². The molecule has 0 aromatic heterocycles. The standard InChI is InChI=1S/C21H21N2O4P.Na/c1-15-6-10-18(11-7-15)22-21(24)17-4-3-5-20(14-17)27-28(25,26)23-19-12-8-16(2)9-13-19;/h3-14H,1-2H3,(H,22,24)(H2,23,25,26);. The van der Waals surface area contributed by atoms with Crippen LogP contribution in [-0.4, -0.2) is 40.4 Å². The van der Waals surface area contributed by atoms with Crippen LogP contribution in [-0.2, 0) is 4.57 Å². The molecule has 1 amide bonds. The molecule has 0 saturated carbocycles. The molecule has 145 valence electrons. The smallest absolute Gasteiger partial charge is 0.409 e. The summed E-state index contributed by atoms with van der Waals surface area (Å²) in [5.41, 5.74) is 3.56. The number of amides is 1. The molecule has 29 heavy (non-hydrogen) atoms. The Balaban J connectivity index is 0.00000300. The molecule has 0 fully saturated rings. The van der Waals surface area contributed by atoms with Crippen LogP contribution in [0.15, 0.2) is 72.8 Å². The van der Waals surface area contributed by atoms with Gasteiger partial charge in [-0.3, -0.25) is 14.8 Å². The second-order valence-electron chi connectivity index (χ2n) is 6.44. The molecule has 0 aliphatic heterocycles. The predicted molar refractivity (Wildman–Crippen MR) is 117 cm³/mol. The third-order valence-electron chi connectivity index (χ3n) is 3.96. The normalized spacial score (nSPS) is 12.2. The van der Waals surface area contributed by atoms with Gasteiger partial charge >= 0.3 is 7.75 Å². The zero-order valence-corrected chi connectivity index (χ0v) is 19.4. The van der Waals surface area contributed by atoms with Crippen molar-refractivity contribution >= 4 is 54.6 Å². The van der Waals surface area contributed by atoms with Crippen LogP contribution in [0.3, 0.4) is 0 Å². The van der Waals surface area contributed by atoms with Gasteiger partial charge < -0.3 is 9.84 Å². The van der Waals surface area contributed by atoms with Gasteiger partial charge in [-0.1, -0.05) is 41.5 Å². The molecule has 1 atom stereocenters. The Morgan fingerprint density at radius 1 is 0.897 bits per heavy atom. The Kier molecular flexibility index (Phi) is 8.08. The number of carbonyl (C=O) groups is 1. The van der Waals surface area contributed by atoms with Crippen molar-refractivity contribution in [3.05, 3.63) is 89.5 Å². The van der Waals surface area contributed by atoms with Crippen molar-refractivity contribution in [3.8, 4) is 5.75 Å². The zero-order chi connectivity index (χ0) is 20.1. The number of nitrogens with one attached hydrogen (secondary N) is 2. The molecule has 3 aromatic rings. The summed E-state index contributed by atoms with van der Waals surface area (Å²) in [4.78, 5) is 22.5. The number of hydrogen-bond donors (Lipinski definition) is 3. The number of aryl methyl sites for hydroxylation is 2. The van der Waals surface area contributed by atoms with E-state index in [1.54, 1.807) is 36.4 Å². The second kappa shape index (κ2) is 10.1. The number of carbonyl (C=O) groups excluding carboxylic acids is 1. The number of rotatable bonds is 6. The maximum absolute atomic E-state index is 12.4. The summed E-state index contributed by atoms with van der Waals surface area (Å²) < 4.78 is 17.6. The maximum atomic E-state index is 12.4. The Bertz CT molecular complexity index is 1020. The van der Waals surface area contributed by atoms with E-state index < -0.39 is 7.75 Å². The fourth-order valence-electron chi connectivity index (χ4n) is 2.49. The number of hydrogen-bond acceptors (Lipinski definition) is 3. The van der Waals surface area contributed by atoms with Crippen LogP contribution in [0.2, 0.25) is 0 Å². The van der Waals surface area contributed by atoms with Gasteiger partial charge in [-0.05, 0) is 56.3 Å². The van der Waals surface area contributed by atoms with Gasteiger partial charge in [-0.25, -0.2) is 4.57 Å². The number of benzene rings is 3. The first kappa shape index (κ1) is 23.2. The third-order valence-corrected chi connectivity index (χ3v) is 4.96. The zero-order valence-electron chi connectivity index (χ0n) is 16.5. The molecule has 0 spiro atoms. The largest absolute Gasteiger partial charge is 0.483 e. The third kappa shape index (κ3) is 7.03. The van der Waals surface area contributed by atoms with Crippen LogP contribution >= 0.6 is 7.75 Å². The van der Waals surface area contributed by atoms with Gasteiger partial charge in [0.25, 0.3) is 5.91 Å². The van der Waals surface area contributed by atoms with E-state index in [0.29, 0.717) is 16.9 Å². The maximum Gasteiger partial charge on any atom is 0.483 e. The molecule has 8 heteroatoms. The predicted octanol–water partition coefficient (Wildman–Crippen LogP) is 4.77. The monoisotopic (exact) mass is 419 g/mol. The fourth-order valence-corrected chi connectivity index (χ4v) is 3.41. The SMILES string of the molecule is Cc1ccc(NC(=O)c2cccc(OP(=O)(O)Nc3ccc(C)cc3)c2)cc1.[Na]. The minimum atomic E-state index is -4.16. The molecule has 0 bridgehead atoms. The molecule has 6 nitrogen and oxygen atoms in total. The second-order valence-corrected chi connectivity index (χ2v) is 7.88. The summed E-state index contributed by atoms with van der Waals surface area (Å²) in [5, 5.41) is 5.26. The van der Waals surface area contributed by atoms with E-state index in [9.17, 15) is 14.3 Å². The first-order valence-corrected chi connectivity index (χ1v) is 10.2. The summed E-state index contributed by atoms with van der Waals surface area (Å²) in [6.45, 7) is 3.89. The number of anilines is 2. The molecule has 1 radical (unpaired) electrons. The topological polar surface area (TPSA) is 87.7 Å². The summed E-state index contributed by atoms with van der Waals surface area (Å²) >= 11 is 0. The van der Waals surface area contributed by atoms with Gasteiger partial charge in [0.2, 0.25) is 0 Å². The molecule has 1 unspecified atom stereocenters. The minimum absolute atomic E-state index is 0. The van der Waals surface area contributed by atoms with Crippen molar-refractivity contribution in [1.29, 1.82) is 0 Å². The van der Waals surface area contributed by atoms with Gasteiger partial charge in [0.15, 0.2) is 0 Å². The van der Waals surface area contributed by atoms with E-state index in [0.717, 1.165) is 11.1 Å². The van der Waals surface area contributed by atoms with Crippen LogP contribution in [0.5, 0.6) is 5.75 Å². The average molecular weight is 419 g/mol. The van der Waals surface area contributed by atoms with Gasteiger partial charge in [0.05, 0.1) is 0 Å². The summed E-state index contributed by atoms with van der Waals surface area (Å²) in [5.74, 6) is -0.226. The molecule has 3 rings (SSSR count). The Hall–Kier alpha value is -2.08. The first-order chi connectivity index (χ1) is 13.3. The van der Waals surface area contributed by atoms with Gasteiger partial charge in [0.1, 0.15) is 5.75 Å². The van der Waals surface area contributed by atoms with Crippen LogP contribution in [0, 0.1) is 13.8 Å². The molecular formula is C21H21N2NaO4P. The molecule has 0 saturated heterocycles. The van der Waals surface area contributed by atoms with Gasteiger partial charge in [-0.15, -0.1) is 0 Å². The Morgan fingerprint density at radius 2 is 1.45 bits per heavy atom. The van der Waals surface area contributed by atoms with Crippen LogP contribution in [0.25, 0.3) is 0 Å². The Morgan fingerprint density at radius 3 is 2.03 bits per heavy atom. The van der Waals surface area contributed by atoms with Crippen molar-refractivity contribution < 1.29 is 18.8 Å². The van der Waals surface area contributed by atoms with Crippen molar-refractivity contribution in [3.63, 3.8) is 0 Å². The summed E-state index contributed by atoms with van der Waals surface area (Å²) in [6, 6.07) is 20.5. The molecule has 0 aliphatic rings. The molecule has 0 aliphatic carbocycles. The van der Waals surface area contributed by atoms with Gasteiger partial charge in [0, 0.05) is 46.5 Å². The minimum Gasteiger partial charge on any atom is -0.409 e. The van der Waals surface area contributed by atoms with E-state index in [-0.39, 0.29) is 41.2 Å². The average Bonchev–Trinajstić information content (AvgIpc) is 2.65. The van der Waals surface area contributed by atoms with Crippen molar-refractivity contribution in [2.24, 2.45) is 0 Å². The van der Waals surface area contributed by atoms with Crippen molar-refractivity contribution in [1.82, 2.24) is 0 Å². The molecule has 0 heterocycles. The quantitative estimate of drug-likeness (QED) is 0.396. The van der Waals surface area contributed by atoms with E-state index >= 15 is 0 Å². The van der Waals surface area contributed by atoms with E-state index in [1.807, 2.05) is 38.1 Å². The first-order valence-electron chi connectivity index (χ1n) is 8.66. The molecular weight excluding hydrogens is 398 g/mol. The Labute approximate surface area is 192 Å². The summed E-state index contributed by atoms with van der Waals surface area (Å²) in [7, 11) is -4.16. The van der Waals surface area contributed by atoms with Crippen molar-refractivity contribution in [2.45, 2.75) is 13.8 Å². The van der Waals surface area contributed by atoms with Gasteiger partial charge in [-0.2, -0.15) is 0 Å². The van der Waals surface area contributed by atoms with E-state index in [2.05, 4.69) is 10.4 Å². The molecule has 3 N–H and O–H groups in total. The van der Waals surface area contributed by atoms with Crippen LogP contribution < -0.4 is 14.9 Å². The fraction of sp³-hybridized carbons (Fsp3) is 0.0952. The van der Waals surface area contributed by atoms with Crippen molar-refractivity contribution in [2.75, 3.05) is 10.4 Å². The van der Waals surface area contributed by atoms with Crippen LogP contribution in [0.4, 0.5) is 11.4 Å². The summed E-state index contributed by atoms with van der Waals surface area (Å²) in [6.07, 6.45) is 0. The van der Waals surface area contributed by atoms with E-state index in [1.165, 1.54) is 12.1 Å².